The molecule has 0 fully saturated rings. The molecule has 0 saturated heterocycles. The Kier molecular flexibility index (Phi) is 7.28. The lowest BCUT2D eigenvalue weighted by molar-refractivity contribution is 0.107. The molecule has 0 aromatic rings. The van der Waals surface area contributed by atoms with Gasteiger partial charge in [0.15, 0.2) is 0 Å². The third-order valence-corrected chi connectivity index (χ3v) is 2.36. The van der Waals surface area contributed by atoms with E-state index < -0.39 is 9.53 Å². The van der Waals surface area contributed by atoms with E-state index in [0.29, 0.717) is 19.8 Å². The Bertz CT molecular complexity index is 55.7. The average Bonchev–Trinajstić information content (AvgIpc) is 1.90. The van der Waals surface area contributed by atoms with Gasteiger partial charge in [0.25, 0.3) is 0 Å². The van der Waals surface area contributed by atoms with Crippen molar-refractivity contribution in [3.8, 4) is 0 Å². The number of rotatable bonds is 6. The lowest BCUT2D eigenvalue weighted by atomic mass is 10.9. The van der Waals surface area contributed by atoms with Crippen molar-refractivity contribution in [2.75, 3.05) is 19.8 Å². The normalized spacial score (nSPS) is 10.8. The lowest BCUT2D eigenvalue weighted by Crippen LogP contribution is -2.27. The summed E-state index contributed by atoms with van der Waals surface area (Å²) in [5.41, 5.74) is 0. The molecule has 0 aliphatic carbocycles. The zero-order valence-corrected chi connectivity index (χ0v) is 7.85. The largest absolute Gasteiger partial charge is 0.542 e. The first-order valence-electron chi connectivity index (χ1n) is 3.60. The molecule has 0 atom stereocenters. The highest BCUT2D eigenvalue weighted by Crippen LogP contribution is 1.90. The molecule has 0 amide bonds. The predicted octanol–water partition coefficient (Wildman–Crippen LogP) is 1.08. The molecule has 0 aromatic heterocycles. The standard InChI is InChI=1S/C6H15O3Si/c1-4-7-10(8-5-2)9-6-3/h4-6H2,1-3H3/q-1. The molecule has 0 aliphatic heterocycles. The second kappa shape index (κ2) is 7.21. The van der Waals surface area contributed by atoms with Gasteiger partial charge in [-0.05, 0) is 20.8 Å². The van der Waals surface area contributed by atoms with Gasteiger partial charge in [-0.1, -0.05) is 0 Å². The van der Waals surface area contributed by atoms with Gasteiger partial charge in [0, 0.05) is 19.8 Å². The Labute approximate surface area is 64.3 Å². The summed E-state index contributed by atoms with van der Waals surface area (Å²) in [6, 6.07) is 0. The minimum atomic E-state index is -1.40. The van der Waals surface area contributed by atoms with Crippen molar-refractivity contribution < 1.29 is 13.3 Å². The minimum Gasteiger partial charge on any atom is -0.542 e. The predicted molar refractivity (Wildman–Crippen MR) is 40.6 cm³/mol. The Morgan fingerprint density at radius 1 is 0.800 bits per heavy atom. The van der Waals surface area contributed by atoms with Crippen molar-refractivity contribution in [2.45, 2.75) is 20.8 Å². The van der Waals surface area contributed by atoms with Crippen LogP contribution in [-0.2, 0) is 13.3 Å². The van der Waals surface area contributed by atoms with Gasteiger partial charge >= 0.3 is 0 Å². The molecule has 0 aliphatic rings. The van der Waals surface area contributed by atoms with Crippen molar-refractivity contribution in [1.82, 2.24) is 0 Å². The summed E-state index contributed by atoms with van der Waals surface area (Å²) in [7, 11) is -1.40. The molecule has 0 heterocycles. The third-order valence-electron chi connectivity index (χ3n) is 0.787. The van der Waals surface area contributed by atoms with Crippen molar-refractivity contribution in [2.24, 2.45) is 0 Å². The number of hydrogen-bond donors (Lipinski definition) is 0. The summed E-state index contributed by atoms with van der Waals surface area (Å²) in [5, 5.41) is 0. The van der Waals surface area contributed by atoms with Crippen molar-refractivity contribution in [3.05, 3.63) is 0 Å². The van der Waals surface area contributed by atoms with E-state index in [9.17, 15) is 0 Å². The van der Waals surface area contributed by atoms with Gasteiger partial charge in [0.1, 0.15) is 0 Å². The maximum absolute atomic E-state index is 5.18. The maximum atomic E-state index is 5.18. The molecule has 0 aromatic carbocycles. The quantitative estimate of drug-likeness (QED) is 0.548. The van der Waals surface area contributed by atoms with Gasteiger partial charge in [0.2, 0.25) is 9.53 Å². The van der Waals surface area contributed by atoms with E-state index >= 15 is 0 Å². The zero-order chi connectivity index (χ0) is 7.82. The first-order chi connectivity index (χ1) is 4.85. The van der Waals surface area contributed by atoms with E-state index in [2.05, 4.69) is 0 Å². The molecular formula is C6H15O3Si-. The monoisotopic (exact) mass is 163 g/mol. The summed E-state index contributed by atoms with van der Waals surface area (Å²) in [4.78, 5) is 0. The Morgan fingerprint density at radius 3 is 1.30 bits per heavy atom. The molecule has 4 heteroatoms. The molecule has 62 valence electrons. The van der Waals surface area contributed by atoms with Gasteiger partial charge in [-0.15, -0.1) is 0 Å². The first-order valence-corrected chi connectivity index (χ1v) is 4.82. The Morgan fingerprint density at radius 2 is 1.10 bits per heavy atom. The summed E-state index contributed by atoms with van der Waals surface area (Å²) in [6.07, 6.45) is 0. The fraction of sp³-hybridized carbons (Fsp3) is 1.00. The molecule has 0 unspecified atom stereocenters. The van der Waals surface area contributed by atoms with Crippen LogP contribution in [0.1, 0.15) is 20.8 Å². The van der Waals surface area contributed by atoms with E-state index in [-0.39, 0.29) is 0 Å². The summed E-state index contributed by atoms with van der Waals surface area (Å²) in [5.74, 6) is 0. The van der Waals surface area contributed by atoms with Gasteiger partial charge in [0.05, 0.1) is 0 Å². The molecule has 0 spiro atoms. The first kappa shape index (κ1) is 10.1. The van der Waals surface area contributed by atoms with Crippen LogP contribution in [0.15, 0.2) is 0 Å². The fourth-order valence-corrected chi connectivity index (χ4v) is 1.44. The molecule has 0 saturated carbocycles. The summed E-state index contributed by atoms with van der Waals surface area (Å²) < 4.78 is 15.5. The second-order valence-corrected chi connectivity index (χ2v) is 2.92. The maximum Gasteiger partial charge on any atom is 0.215 e. The van der Waals surface area contributed by atoms with Crippen molar-refractivity contribution in [3.63, 3.8) is 0 Å². The van der Waals surface area contributed by atoms with Gasteiger partial charge in [-0.3, -0.25) is 0 Å². The van der Waals surface area contributed by atoms with Crippen LogP contribution >= 0.6 is 0 Å². The van der Waals surface area contributed by atoms with Crippen LogP contribution in [0.4, 0.5) is 0 Å². The SMILES string of the molecule is CCO[Si-](OCC)OCC. The van der Waals surface area contributed by atoms with Crippen LogP contribution in [-0.4, -0.2) is 29.3 Å². The van der Waals surface area contributed by atoms with Gasteiger partial charge in [-0.2, -0.15) is 0 Å². The van der Waals surface area contributed by atoms with E-state index in [1.165, 1.54) is 0 Å². The van der Waals surface area contributed by atoms with Crippen LogP contribution in [0.3, 0.4) is 0 Å². The minimum absolute atomic E-state index is 0.661. The molecule has 0 N–H and O–H groups in total. The Balaban J connectivity index is 3.30. The summed E-state index contributed by atoms with van der Waals surface area (Å²) >= 11 is 0. The van der Waals surface area contributed by atoms with Gasteiger partial charge in [-0.25, -0.2) is 0 Å². The smallest absolute Gasteiger partial charge is 0.215 e. The van der Waals surface area contributed by atoms with E-state index in [0.717, 1.165) is 0 Å². The molecule has 3 nitrogen and oxygen atoms in total. The fourth-order valence-electron chi connectivity index (χ4n) is 0.479. The summed E-state index contributed by atoms with van der Waals surface area (Å²) in [6.45, 7) is 7.78. The highest BCUT2D eigenvalue weighted by atomic mass is 28.3. The van der Waals surface area contributed by atoms with Crippen molar-refractivity contribution >= 4 is 9.53 Å². The van der Waals surface area contributed by atoms with Crippen LogP contribution in [0.5, 0.6) is 0 Å². The average molecular weight is 163 g/mol. The molecule has 10 heavy (non-hydrogen) atoms. The molecular weight excluding hydrogens is 148 g/mol. The topological polar surface area (TPSA) is 27.7 Å². The third kappa shape index (κ3) is 4.93. The molecule has 0 rings (SSSR count). The number of hydrogen-bond acceptors (Lipinski definition) is 3. The van der Waals surface area contributed by atoms with E-state index in [4.69, 9.17) is 13.3 Å². The van der Waals surface area contributed by atoms with Crippen LogP contribution < -0.4 is 0 Å². The Hall–Kier alpha value is 0.0969. The zero-order valence-electron chi connectivity index (χ0n) is 6.85. The molecule has 0 radical (unpaired) electrons. The van der Waals surface area contributed by atoms with Crippen LogP contribution in [0, 0.1) is 0 Å². The second-order valence-electron chi connectivity index (χ2n) is 1.55. The van der Waals surface area contributed by atoms with Crippen LogP contribution in [0.25, 0.3) is 0 Å². The highest BCUT2D eigenvalue weighted by Gasteiger charge is 1.93. The van der Waals surface area contributed by atoms with Gasteiger partial charge < -0.3 is 13.3 Å². The lowest BCUT2D eigenvalue weighted by Gasteiger charge is -2.28. The van der Waals surface area contributed by atoms with E-state index in [1.807, 2.05) is 20.8 Å². The van der Waals surface area contributed by atoms with Crippen LogP contribution in [0.2, 0.25) is 0 Å². The van der Waals surface area contributed by atoms with Crippen molar-refractivity contribution in [1.29, 1.82) is 0 Å². The molecule has 0 bridgehead atoms. The van der Waals surface area contributed by atoms with E-state index in [1.54, 1.807) is 0 Å². The highest BCUT2D eigenvalue weighted by molar-refractivity contribution is 6.36.